The average molecular weight is 349 g/mol. The highest BCUT2D eigenvalue weighted by atomic mass is 16.1. The van der Waals surface area contributed by atoms with Crippen LogP contribution in [-0.4, -0.2) is 14.5 Å². The third-order valence-corrected chi connectivity index (χ3v) is 4.33. The average Bonchev–Trinajstić information content (AvgIpc) is 2.69. The van der Waals surface area contributed by atoms with E-state index in [1.54, 1.807) is 7.05 Å². The molecular formula is C20H23N5O. The summed E-state index contributed by atoms with van der Waals surface area (Å²) >= 11 is 0. The fourth-order valence-corrected chi connectivity index (χ4v) is 2.92. The minimum Gasteiger partial charge on any atom is -0.298 e. The maximum Gasteiger partial charge on any atom is 0.352 e. The number of hydrazine groups is 1. The highest BCUT2D eigenvalue weighted by Gasteiger charge is 2.15. The Kier molecular flexibility index (Phi) is 5.31. The molecule has 6 nitrogen and oxygen atoms in total. The van der Waals surface area contributed by atoms with Crippen molar-refractivity contribution in [3.05, 3.63) is 70.1 Å². The van der Waals surface area contributed by atoms with Crippen molar-refractivity contribution < 1.29 is 0 Å². The first-order valence-electron chi connectivity index (χ1n) is 8.77. The molecule has 0 aliphatic rings. The quantitative estimate of drug-likeness (QED) is 0.667. The molecule has 1 heterocycles. The van der Waals surface area contributed by atoms with E-state index < -0.39 is 0 Å². The number of hydrogen-bond acceptors (Lipinski definition) is 5. The summed E-state index contributed by atoms with van der Waals surface area (Å²) < 4.78 is 1.50. The second kappa shape index (κ2) is 7.82. The highest BCUT2D eigenvalue weighted by molar-refractivity contribution is 5.66. The van der Waals surface area contributed by atoms with Gasteiger partial charge in [-0.3, -0.25) is 15.4 Å². The molecule has 0 saturated carbocycles. The zero-order valence-electron chi connectivity index (χ0n) is 15.3. The molecule has 0 radical (unpaired) electrons. The second-order valence-corrected chi connectivity index (χ2v) is 5.99. The van der Waals surface area contributed by atoms with Crippen LogP contribution in [-0.2, 0) is 19.9 Å². The molecule has 134 valence electrons. The number of nitrogens with one attached hydrogen (secondary N) is 2. The Balaban J connectivity index is 2.03. The lowest BCUT2D eigenvalue weighted by Crippen LogP contribution is -2.26. The van der Waals surface area contributed by atoms with Crippen LogP contribution in [0.25, 0.3) is 11.4 Å². The maximum atomic E-state index is 12.4. The summed E-state index contributed by atoms with van der Waals surface area (Å²) in [5, 5.41) is 0. The SMILES string of the molecule is CCc1cccc(CC)c1-c1nc(NNc2ccccc2)nc(=O)n1C. The molecule has 2 N–H and O–H groups in total. The Morgan fingerprint density at radius 1 is 0.885 bits per heavy atom. The maximum absolute atomic E-state index is 12.4. The van der Waals surface area contributed by atoms with Gasteiger partial charge in [0.2, 0.25) is 5.95 Å². The number of rotatable bonds is 6. The largest absolute Gasteiger partial charge is 0.352 e. The molecule has 0 atom stereocenters. The summed E-state index contributed by atoms with van der Waals surface area (Å²) in [6, 6.07) is 15.8. The molecule has 3 rings (SSSR count). The van der Waals surface area contributed by atoms with Gasteiger partial charge in [0, 0.05) is 12.6 Å². The first-order valence-corrected chi connectivity index (χ1v) is 8.77. The van der Waals surface area contributed by atoms with Crippen LogP contribution in [0.15, 0.2) is 53.3 Å². The summed E-state index contributed by atoms with van der Waals surface area (Å²) in [6.45, 7) is 4.21. The van der Waals surface area contributed by atoms with Gasteiger partial charge < -0.3 is 0 Å². The van der Waals surface area contributed by atoms with Crippen molar-refractivity contribution in [1.29, 1.82) is 0 Å². The third kappa shape index (κ3) is 3.59. The van der Waals surface area contributed by atoms with Crippen molar-refractivity contribution in [2.45, 2.75) is 26.7 Å². The smallest absolute Gasteiger partial charge is 0.298 e. The Morgan fingerprint density at radius 3 is 2.15 bits per heavy atom. The fourth-order valence-electron chi connectivity index (χ4n) is 2.92. The zero-order valence-corrected chi connectivity index (χ0v) is 15.3. The van der Waals surface area contributed by atoms with E-state index in [-0.39, 0.29) is 11.6 Å². The summed E-state index contributed by atoms with van der Waals surface area (Å²) in [6.07, 6.45) is 1.73. The number of benzene rings is 2. The van der Waals surface area contributed by atoms with Crippen LogP contribution in [0.4, 0.5) is 11.6 Å². The minimum absolute atomic E-state index is 0.250. The van der Waals surface area contributed by atoms with E-state index in [1.807, 2.05) is 30.3 Å². The molecule has 0 aliphatic heterocycles. The van der Waals surface area contributed by atoms with Gasteiger partial charge in [0.15, 0.2) is 0 Å². The summed E-state index contributed by atoms with van der Waals surface area (Å²) in [7, 11) is 1.71. The van der Waals surface area contributed by atoms with E-state index >= 15 is 0 Å². The van der Waals surface area contributed by atoms with Crippen LogP contribution in [0.3, 0.4) is 0 Å². The van der Waals surface area contributed by atoms with Gasteiger partial charge in [0.05, 0.1) is 5.69 Å². The minimum atomic E-state index is -0.347. The fraction of sp³-hybridized carbons (Fsp3) is 0.250. The molecule has 0 aliphatic carbocycles. The van der Waals surface area contributed by atoms with Gasteiger partial charge in [-0.1, -0.05) is 50.2 Å². The van der Waals surface area contributed by atoms with Gasteiger partial charge in [-0.05, 0) is 36.1 Å². The second-order valence-electron chi connectivity index (χ2n) is 5.99. The van der Waals surface area contributed by atoms with Gasteiger partial charge >= 0.3 is 5.69 Å². The lowest BCUT2D eigenvalue weighted by atomic mass is 9.97. The van der Waals surface area contributed by atoms with Crippen LogP contribution in [0.2, 0.25) is 0 Å². The van der Waals surface area contributed by atoms with Crippen molar-refractivity contribution in [2.24, 2.45) is 7.05 Å². The molecule has 3 aromatic rings. The van der Waals surface area contributed by atoms with E-state index in [9.17, 15) is 4.79 Å². The number of aromatic nitrogens is 3. The highest BCUT2D eigenvalue weighted by Crippen LogP contribution is 2.27. The van der Waals surface area contributed by atoms with E-state index in [2.05, 4.69) is 52.9 Å². The van der Waals surface area contributed by atoms with E-state index in [0.717, 1.165) is 24.1 Å². The lowest BCUT2D eigenvalue weighted by Gasteiger charge is -2.16. The molecule has 0 amide bonds. The molecule has 0 saturated heterocycles. The predicted octanol–water partition coefficient (Wildman–Crippen LogP) is 3.41. The number of anilines is 2. The summed E-state index contributed by atoms with van der Waals surface area (Å²) in [5.74, 6) is 0.872. The molecule has 1 aromatic heterocycles. The van der Waals surface area contributed by atoms with E-state index in [4.69, 9.17) is 0 Å². The zero-order chi connectivity index (χ0) is 18.5. The topological polar surface area (TPSA) is 71.8 Å². The van der Waals surface area contributed by atoms with Crippen molar-refractivity contribution >= 4 is 11.6 Å². The third-order valence-electron chi connectivity index (χ3n) is 4.33. The van der Waals surface area contributed by atoms with Crippen LogP contribution in [0.1, 0.15) is 25.0 Å². The molecular weight excluding hydrogens is 326 g/mol. The van der Waals surface area contributed by atoms with E-state index in [1.165, 1.54) is 15.7 Å². The molecule has 26 heavy (non-hydrogen) atoms. The number of hydrogen-bond donors (Lipinski definition) is 2. The van der Waals surface area contributed by atoms with Gasteiger partial charge in [-0.15, -0.1) is 0 Å². The first kappa shape index (κ1) is 17.7. The number of aryl methyl sites for hydroxylation is 2. The predicted molar refractivity (Wildman–Crippen MR) is 105 cm³/mol. The molecule has 0 unspecified atom stereocenters. The molecule has 6 heteroatoms. The Morgan fingerprint density at radius 2 is 1.54 bits per heavy atom. The standard InChI is InChI=1S/C20H23N5O/c1-4-14-10-9-11-15(5-2)17(14)18-21-19(22-20(26)25(18)3)24-23-16-12-7-6-8-13-16/h6-13,23H,4-5H2,1-3H3,(H,22,24,26). The number of nitrogens with zero attached hydrogens (tertiary/aromatic N) is 3. The van der Waals surface area contributed by atoms with Crippen molar-refractivity contribution in [2.75, 3.05) is 10.9 Å². The van der Waals surface area contributed by atoms with E-state index in [0.29, 0.717) is 5.82 Å². The first-order chi connectivity index (χ1) is 12.6. The Hall–Kier alpha value is -3.15. The molecule has 0 spiro atoms. The Labute approximate surface area is 152 Å². The summed E-state index contributed by atoms with van der Waals surface area (Å²) in [5.41, 5.74) is 9.81. The monoisotopic (exact) mass is 349 g/mol. The van der Waals surface area contributed by atoms with Crippen molar-refractivity contribution in [1.82, 2.24) is 14.5 Å². The van der Waals surface area contributed by atoms with Crippen molar-refractivity contribution in [3.8, 4) is 11.4 Å². The van der Waals surface area contributed by atoms with Crippen LogP contribution < -0.4 is 16.5 Å². The summed E-state index contributed by atoms with van der Waals surface area (Å²) in [4.78, 5) is 21.0. The normalized spacial score (nSPS) is 10.6. The van der Waals surface area contributed by atoms with Crippen LogP contribution in [0, 0.1) is 0 Å². The van der Waals surface area contributed by atoms with Crippen LogP contribution in [0.5, 0.6) is 0 Å². The Bertz CT molecular complexity index is 928. The molecule has 0 bridgehead atoms. The van der Waals surface area contributed by atoms with Crippen molar-refractivity contribution in [3.63, 3.8) is 0 Å². The lowest BCUT2D eigenvalue weighted by molar-refractivity contribution is 0.782. The van der Waals surface area contributed by atoms with Crippen LogP contribution >= 0.6 is 0 Å². The van der Waals surface area contributed by atoms with Gasteiger partial charge in [-0.2, -0.15) is 9.97 Å². The molecule has 0 fully saturated rings. The van der Waals surface area contributed by atoms with Gasteiger partial charge in [-0.25, -0.2) is 4.79 Å². The molecule has 2 aromatic carbocycles. The van der Waals surface area contributed by atoms with Gasteiger partial charge in [0.25, 0.3) is 0 Å². The number of para-hydroxylation sites is 1. The van der Waals surface area contributed by atoms with Gasteiger partial charge in [0.1, 0.15) is 5.82 Å².